The van der Waals surface area contributed by atoms with Crippen LogP contribution in [0, 0.1) is 0 Å². The molecule has 2 rings (SSSR count). The first-order chi connectivity index (χ1) is 10.7. The van der Waals surface area contributed by atoms with E-state index in [-0.39, 0.29) is 11.2 Å². The van der Waals surface area contributed by atoms with Crippen molar-refractivity contribution >= 4 is 28.9 Å². The minimum absolute atomic E-state index is 0.0390. The van der Waals surface area contributed by atoms with Gasteiger partial charge in [-0.15, -0.1) is 0 Å². The third-order valence-corrected chi connectivity index (χ3v) is 3.83. The molecule has 122 valence electrons. The zero-order valence-electron chi connectivity index (χ0n) is 13.6. The molecule has 0 aliphatic carbocycles. The van der Waals surface area contributed by atoms with Crippen LogP contribution in [0.5, 0.6) is 5.75 Å². The number of methoxy groups -OCH3 is 1. The maximum absolute atomic E-state index is 11.5. The highest BCUT2D eigenvalue weighted by Crippen LogP contribution is 2.34. The molecule has 4 nitrogen and oxygen atoms in total. The van der Waals surface area contributed by atoms with Crippen LogP contribution in [0.2, 0.25) is 5.02 Å². The zero-order valence-corrected chi connectivity index (χ0v) is 14.4. The zero-order chi connectivity index (χ0) is 17.2. The maximum atomic E-state index is 11.5. The van der Waals surface area contributed by atoms with E-state index in [9.17, 15) is 9.90 Å². The van der Waals surface area contributed by atoms with Gasteiger partial charge in [0.15, 0.2) is 0 Å². The molecular formula is C18H20ClNO3. The van der Waals surface area contributed by atoms with Gasteiger partial charge in [0.05, 0.1) is 29.1 Å². The van der Waals surface area contributed by atoms with E-state index in [0.29, 0.717) is 22.0 Å². The molecule has 0 saturated heterocycles. The van der Waals surface area contributed by atoms with Crippen molar-refractivity contribution in [2.24, 2.45) is 0 Å². The number of benzene rings is 2. The normalized spacial score (nSPS) is 11.2. The Morgan fingerprint density at radius 1 is 1.13 bits per heavy atom. The van der Waals surface area contributed by atoms with Gasteiger partial charge in [0.25, 0.3) is 0 Å². The summed E-state index contributed by atoms with van der Waals surface area (Å²) in [4.78, 5) is 11.5. The summed E-state index contributed by atoms with van der Waals surface area (Å²) in [5.74, 6) is -0.317. The molecule has 5 heteroatoms. The van der Waals surface area contributed by atoms with Crippen molar-refractivity contribution in [1.29, 1.82) is 0 Å². The number of anilines is 2. The number of carbonyl (C=O) groups excluding carboxylic acids is 1. The molecule has 23 heavy (non-hydrogen) atoms. The Labute approximate surface area is 141 Å². The first kappa shape index (κ1) is 17.2. The van der Waals surface area contributed by atoms with Crippen LogP contribution in [-0.4, -0.2) is 18.2 Å². The third kappa shape index (κ3) is 3.96. The van der Waals surface area contributed by atoms with Crippen molar-refractivity contribution in [3.8, 4) is 5.75 Å². The number of esters is 1. The number of hydrogen-bond acceptors (Lipinski definition) is 4. The molecular weight excluding hydrogens is 314 g/mol. The van der Waals surface area contributed by atoms with Crippen LogP contribution in [0.25, 0.3) is 0 Å². The van der Waals surface area contributed by atoms with Crippen LogP contribution in [0.15, 0.2) is 36.4 Å². The molecule has 0 bridgehead atoms. The standard InChI is InChI=1S/C18H20ClNO3/c1-18(2,3)12-6-8-16(21)15(10-12)20-14-7-5-11(9-13(14)19)17(22)23-4/h5-10,20-21H,1-4H3. The Morgan fingerprint density at radius 2 is 1.83 bits per heavy atom. The first-order valence-electron chi connectivity index (χ1n) is 7.21. The number of nitrogens with one attached hydrogen (secondary N) is 1. The number of carbonyl (C=O) groups is 1. The predicted octanol–water partition coefficient (Wildman–Crippen LogP) is 4.87. The van der Waals surface area contributed by atoms with Crippen LogP contribution in [0.4, 0.5) is 11.4 Å². The lowest BCUT2D eigenvalue weighted by molar-refractivity contribution is 0.0601. The lowest BCUT2D eigenvalue weighted by Gasteiger charge is -2.21. The number of phenols is 1. The number of ether oxygens (including phenoxy) is 1. The summed E-state index contributed by atoms with van der Waals surface area (Å²) >= 11 is 6.21. The van der Waals surface area contributed by atoms with Gasteiger partial charge in [-0.3, -0.25) is 0 Å². The van der Waals surface area contributed by atoms with E-state index < -0.39 is 5.97 Å². The second-order valence-electron chi connectivity index (χ2n) is 6.29. The summed E-state index contributed by atoms with van der Waals surface area (Å²) in [6.07, 6.45) is 0. The lowest BCUT2D eigenvalue weighted by Crippen LogP contribution is -2.11. The molecule has 0 spiro atoms. The summed E-state index contributed by atoms with van der Waals surface area (Å²) in [6.45, 7) is 6.30. The Hall–Kier alpha value is -2.20. The smallest absolute Gasteiger partial charge is 0.337 e. The maximum Gasteiger partial charge on any atom is 0.337 e. The molecule has 0 aliphatic rings. The molecule has 0 radical (unpaired) electrons. The second-order valence-corrected chi connectivity index (χ2v) is 6.70. The summed E-state index contributed by atoms with van der Waals surface area (Å²) in [5, 5.41) is 13.5. The summed E-state index contributed by atoms with van der Waals surface area (Å²) in [6, 6.07) is 10.3. The Balaban J connectivity index is 2.34. The van der Waals surface area contributed by atoms with E-state index in [1.807, 2.05) is 12.1 Å². The second kappa shape index (κ2) is 6.50. The molecule has 0 amide bonds. The van der Waals surface area contributed by atoms with Crippen molar-refractivity contribution in [2.75, 3.05) is 12.4 Å². The number of aromatic hydroxyl groups is 1. The van der Waals surface area contributed by atoms with Crippen molar-refractivity contribution in [1.82, 2.24) is 0 Å². The highest BCUT2D eigenvalue weighted by Gasteiger charge is 2.16. The molecule has 0 saturated carbocycles. The molecule has 0 aliphatic heterocycles. The fourth-order valence-corrected chi connectivity index (χ4v) is 2.34. The number of hydrogen-bond donors (Lipinski definition) is 2. The Bertz CT molecular complexity index is 736. The SMILES string of the molecule is COC(=O)c1ccc(Nc2cc(C(C)(C)C)ccc2O)c(Cl)c1. The van der Waals surface area contributed by atoms with Gasteiger partial charge in [-0.05, 0) is 41.3 Å². The monoisotopic (exact) mass is 333 g/mol. The van der Waals surface area contributed by atoms with Gasteiger partial charge in [0, 0.05) is 0 Å². The van der Waals surface area contributed by atoms with E-state index >= 15 is 0 Å². The van der Waals surface area contributed by atoms with Gasteiger partial charge in [-0.1, -0.05) is 38.4 Å². The average Bonchev–Trinajstić information content (AvgIpc) is 2.49. The van der Waals surface area contributed by atoms with Crippen LogP contribution >= 0.6 is 11.6 Å². The fourth-order valence-electron chi connectivity index (χ4n) is 2.11. The Morgan fingerprint density at radius 3 is 2.39 bits per heavy atom. The van der Waals surface area contributed by atoms with Gasteiger partial charge in [0.1, 0.15) is 5.75 Å². The van der Waals surface area contributed by atoms with Gasteiger partial charge in [-0.25, -0.2) is 4.79 Å². The van der Waals surface area contributed by atoms with E-state index in [1.54, 1.807) is 18.2 Å². The summed E-state index contributed by atoms with van der Waals surface area (Å²) in [7, 11) is 1.32. The summed E-state index contributed by atoms with van der Waals surface area (Å²) < 4.78 is 4.66. The quantitative estimate of drug-likeness (QED) is 0.621. The summed E-state index contributed by atoms with van der Waals surface area (Å²) in [5.41, 5.74) is 2.57. The van der Waals surface area contributed by atoms with Crippen LogP contribution in [-0.2, 0) is 10.2 Å². The van der Waals surface area contributed by atoms with E-state index in [2.05, 4.69) is 30.8 Å². The topological polar surface area (TPSA) is 58.6 Å². The lowest BCUT2D eigenvalue weighted by atomic mass is 9.87. The van der Waals surface area contributed by atoms with Crippen LogP contribution in [0.3, 0.4) is 0 Å². The highest BCUT2D eigenvalue weighted by atomic mass is 35.5. The van der Waals surface area contributed by atoms with E-state index in [0.717, 1.165) is 5.56 Å². The molecule has 2 N–H and O–H groups in total. The average molecular weight is 334 g/mol. The Kier molecular flexibility index (Phi) is 4.85. The van der Waals surface area contributed by atoms with Gasteiger partial charge in [0.2, 0.25) is 0 Å². The minimum Gasteiger partial charge on any atom is -0.506 e. The van der Waals surface area contributed by atoms with Gasteiger partial charge >= 0.3 is 5.97 Å². The van der Waals surface area contributed by atoms with Gasteiger partial charge < -0.3 is 15.2 Å². The van der Waals surface area contributed by atoms with E-state index in [4.69, 9.17) is 11.6 Å². The van der Waals surface area contributed by atoms with Crippen molar-refractivity contribution in [3.63, 3.8) is 0 Å². The fraction of sp³-hybridized carbons (Fsp3) is 0.278. The van der Waals surface area contributed by atoms with Crippen molar-refractivity contribution in [3.05, 3.63) is 52.5 Å². The number of phenolic OH excluding ortho intramolecular Hbond substituents is 1. The molecule has 0 heterocycles. The van der Waals surface area contributed by atoms with Crippen LogP contribution < -0.4 is 5.32 Å². The molecule has 2 aromatic rings. The van der Waals surface area contributed by atoms with Crippen molar-refractivity contribution < 1.29 is 14.6 Å². The van der Waals surface area contributed by atoms with Crippen LogP contribution in [0.1, 0.15) is 36.7 Å². The largest absolute Gasteiger partial charge is 0.506 e. The third-order valence-electron chi connectivity index (χ3n) is 3.52. The molecule has 0 aromatic heterocycles. The molecule has 0 atom stereocenters. The molecule has 2 aromatic carbocycles. The molecule has 0 fully saturated rings. The highest BCUT2D eigenvalue weighted by molar-refractivity contribution is 6.33. The predicted molar refractivity (Wildman–Crippen MR) is 92.9 cm³/mol. The first-order valence-corrected chi connectivity index (χ1v) is 7.58. The van der Waals surface area contributed by atoms with Crippen molar-refractivity contribution in [2.45, 2.75) is 26.2 Å². The number of halogens is 1. The number of rotatable bonds is 3. The minimum atomic E-state index is -0.448. The van der Waals surface area contributed by atoms with E-state index in [1.165, 1.54) is 13.2 Å². The molecule has 0 unspecified atom stereocenters. The van der Waals surface area contributed by atoms with Gasteiger partial charge in [-0.2, -0.15) is 0 Å².